The molecular weight excluding hydrogens is 225 g/mol. The molecule has 0 aliphatic carbocycles. The molecule has 0 bridgehead atoms. The number of aliphatic imine (C=N–C) groups is 1. The van der Waals surface area contributed by atoms with E-state index in [4.69, 9.17) is 16.3 Å². The third-order valence-corrected chi connectivity index (χ3v) is 2.05. The molecule has 80 valence electrons. The normalized spacial score (nSPS) is 11.7. The van der Waals surface area contributed by atoms with Crippen molar-refractivity contribution < 1.29 is 19.0 Å². The number of benzene rings is 1. The summed E-state index contributed by atoms with van der Waals surface area (Å²) in [5, 5.41) is 9.25. The molecule has 1 unspecified atom stereocenters. The number of phenols is 1. The van der Waals surface area contributed by atoms with Crippen molar-refractivity contribution >= 4 is 17.7 Å². The van der Waals surface area contributed by atoms with E-state index in [9.17, 15) is 14.3 Å². The molecule has 1 atom stereocenters. The third kappa shape index (κ3) is 2.46. The van der Waals surface area contributed by atoms with Gasteiger partial charge in [-0.1, -0.05) is 11.6 Å². The topological polar surface area (TPSA) is 58.9 Å². The molecule has 0 radical (unpaired) electrons. The zero-order valence-corrected chi connectivity index (χ0v) is 8.45. The molecule has 1 aromatic carbocycles. The van der Waals surface area contributed by atoms with Crippen LogP contribution < -0.4 is 4.74 Å². The first-order valence-corrected chi connectivity index (χ1v) is 4.25. The molecule has 1 N–H and O–H groups in total. The molecule has 6 heteroatoms. The Labute approximate surface area is 90.0 Å². The van der Waals surface area contributed by atoms with E-state index in [1.165, 1.54) is 13.2 Å². The fourth-order valence-electron chi connectivity index (χ4n) is 1.02. The van der Waals surface area contributed by atoms with E-state index in [1.807, 2.05) is 0 Å². The Bertz CT molecular complexity index is 418. The largest absolute Gasteiger partial charge is 0.504 e. The quantitative estimate of drug-likeness (QED) is 0.494. The average molecular weight is 232 g/mol. The maximum atomic E-state index is 13.2. The van der Waals surface area contributed by atoms with Crippen LogP contribution in [0.4, 0.5) is 4.39 Å². The van der Waals surface area contributed by atoms with Gasteiger partial charge in [-0.2, -0.15) is 4.99 Å². The van der Waals surface area contributed by atoms with E-state index in [0.717, 1.165) is 12.1 Å². The number of hydrogen-bond acceptors (Lipinski definition) is 4. The van der Waals surface area contributed by atoms with Crippen LogP contribution in [0, 0.1) is 0 Å². The average Bonchev–Trinajstić information content (AvgIpc) is 2.18. The molecule has 0 aromatic heterocycles. The minimum Gasteiger partial charge on any atom is -0.504 e. The summed E-state index contributed by atoms with van der Waals surface area (Å²) < 4.78 is 17.9. The Morgan fingerprint density at radius 1 is 1.67 bits per heavy atom. The number of rotatable bonds is 3. The molecular formula is C9H7ClFNO3. The van der Waals surface area contributed by atoms with Crippen molar-refractivity contribution in [1.29, 1.82) is 0 Å². The van der Waals surface area contributed by atoms with E-state index in [1.54, 1.807) is 0 Å². The minimum absolute atomic E-state index is 0.0419. The van der Waals surface area contributed by atoms with Crippen molar-refractivity contribution in [2.45, 2.75) is 6.30 Å². The molecule has 1 aromatic rings. The number of hydrogen-bond donors (Lipinski definition) is 1. The number of nitrogens with zero attached hydrogens (tertiary/aromatic N) is 1. The maximum absolute atomic E-state index is 13.2. The van der Waals surface area contributed by atoms with Gasteiger partial charge in [0.2, 0.25) is 12.4 Å². The van der Waals surface area contributed by atoms with E-state index in [0.29, 0.717) is 0 Å². The molecule has 0 saturated heterocycles. The monoisotopic (exact) mass is 231 g/mol. The van der Waals surface area contributed by atoms with E-state index < -0.39 is 6.30 Å². The van der Waals surface area contributed by atoms with Gasteiger partial charge in [-0.3, -0.25) is 0 Å². The smallest absolute Gasteiger partial charge is 0.238 e. The highest BCUT2D eigenvalue weighted by Gasteiger charge is 2.16. The van der Waals surface area contributed by atoms with Crippen LogP contribution in [0.15, 0.2) is 17.1 Å². The molecule has 15 heavy (non-hydrogen) atoms. The fraction of sp³-hybridized carbons (Fsp3) is 0.222. The summed E-state index contributed by atoms with van der Waals surface area (Å²) in [6, 6.07) is 2.28. The second kappa shape index (κ2) is 4.77. The van der Waals surface area contributed by atoms with E-state index >= 15 is 0 Å². The highest BCUT2D eigenvalue weighted by Crippen LogP contribution is 2.36. The van der Waals surface area contributed by atoms with E-state index in [2.05, 4.69) is 4.99 Å². The van der Waals surface area contributed by atoms with Crippen LogP contribution in [0.5, 0.6) is 11.5 Å². The van der Waals surface area contributed by atoms with Crippen LogP contribution in [0.25, 0.3) is 0 Å². The Hall–Kier alpha value is -1.58. The van der Waals surface area contributed by atoms with Gasteiger partial charge >= 0.3 is 0 Å². The second-order valence-electron chi connectivity index (χ2n) is 2.60. The standard InChI is InChI=1S/C9H7ClFNO3/c1-15-8-2-5(9(11)12-4-13)6(10)3-7(8)14/h2-3,9,14H,1H3. The summed E-state index contributed by atoms with van der Waals surface area (Å²) in [5.41, 5.74) is -0.0605. The number of halogens is 2. The lowest BCUT2D eigenvalue weighted by molar-refractivity contribution is 0.348. The first-order valence-electron chi connectivity index (χ1n) is 3.87. The number of alkyl halides is 1. The summed E-state index contributed by atoms with van der Waals surface area (Å²) in [6.45, 7) is 0. The molecule has 0 saturated carbocycles. The van der Waals surface area contributed by atoms with Crippen molar-refractivity contribution in [3.05, 3.63) is 22.7 Å². The van der Waals surface area contributed by atoms with Crippen molar-refractivity contribution in [3.8, 4) is 11.5 Å². The number of aromatic hydroxyl groups is 1. The van der Waals surface area contributed by atoms with Gasteiger partial charge in [-0.15, -0.1) is 0 Å². The molecule has 0 amide bonds. The number of isocyanates is 1. The van der Waals surface area contributed by atoms with Gasteiger partial charge in [0, 0.05) is 11.6 Å². The molecule has 0 heterocycles. The highest BCUT2D eigenvalue weighted by atomic mass is 35.5. The van der Waals surface area contributed by atoms with Crippen LogP contribution in [-0.4, -0.2) is 18.3 Å². The Kier molecular flexibility index (Phi) is 3.66. The molecule has 0 aliphatic heterocycles. The van der Waals surface area contributed by atoms with Gasteiger partial charge in [-0.25, -0.2) is 9.18 Å². The Balaban J connectivity index is 3.23. The maximum Gasteiger partial charge on any atom is 0.238 e. The second-order valence-corrected chi connectivity index (χ2v) is 3.01. The third-order valence-electron chi connectivity index (χ3n) is 1.72. The van der Waals surface area contributed by atoms with E-state index in [-0.39, 0.29) is 22.1 Å². The lowest BCUT2D eigenvalue weighted by Crippen LogP contribution is -1.92. The Morgan fingerprint density at radius 3 is 2.87 bits per heavy atom. The minimum atomic E-state index is -1.91. The van der Waals surface area contributed by atoms with Crippen LogP contribution >= 0.6 is 11.6 Å². The molecule has 4 nitrogen and oxygen atoms in total. The zero-order chi connectivity index (χ0) is 11.4. The summed E-state index contributed by atoms with van der Waals surface area (Å²) in [4.78, 5) is 12.7. The van der Waals surface area contributed by atoms with Crippen LogP contribution in [0.3, 0.4) is 0 Å². The lowest BCUT2D eigenvalue weighted by atomic mass is 10.2. The molecule has 0 spiro atoms. The predicted octanol–water partition coefficient (Wildman–Crippen LogP) is 2.36. The van der Waals surface area contributed by atoms with Crippen LogP contribution in [0.1, 0.15) is 11.9 Å². The summed E-state index contributed by atoms with van der Waals surface area (Å²) >= 11 is 5.64. The molecule has 1 rings (SSSR count). The van der Waals surface area contributed by atoms with Gasteiger partial charge in [0.25, 0.3) is 0 Å². The summed E-state index contributed by atoms with van der Waals surface area (Å²) in [6.07, 6.45) is -0.829. The number of methoxy groups -OCH3 is 1. The van der Waals surface area contributed by atoms with Gasteiger partial charge in [0.05, 0.1) is 12.1 Å². The lowest BCUT2D eigenvalue weighted by Gasteiger charge is -2.08. The summed E-state index contributed by atoms with van der Waals surface area (Å²) in [5.74, 6) is -0.160. The molecule has 0 aliphatic rings. The highest BCUT2D eigenvalue weighted by molar-refractivity contribution is 6.31. The van der Waals surface area contributed by atoms with Gasteiger partial charge < -0.3 is 9.84 Å². The summed E-state index contributed by atoms with van der Waals surface area (Å²) in [7, 11) is 1.31. The zero-order valence-electron chi connectivity index (χ0n) is 7.70. The van der Waals surface area contributed by atoms with Crippen molar-refractivity contribution in [3.63, 3.8) is 0 Å². The first-order chi connectivity index (χ1) is 7.10. The Morgan fingerprint density at radius 2 is 2.33 bits per heavy atom. The fourth-order valence-corrected chi connectivity index (χ4v) is 1.27. The van der Waals surface area contributed by atoms with Gasteiger partial charge in [-0.05, 0) is 6.07 Å². The van der Waals surface area contributed by atoms with Crippen LogP contribution in [-0.2, 0) is 4.79 Å². The van der Waals surface area contributed by atoms with Crippen molar-refractivity contribution in [2.75, 3.05) is 7.11 Å². The first kappa shape index (κ1) is 11.5. The van der Waals surface area contributed by atoms with Gasteiger partial charge in [0.15, 0.2) is 11.5 Å². The number of phenolic OH excluding ortho intramolecular Hbond substituents is 1. The number of carbonyl (C=O) groups excluding carboxylic acids is 1. The van der Waals surface area contributed by atoms with Gasteiger partial charge in [0.1, 0.15) is 0 Å². The SMILES string of the molecule is COc1cc(C(F)N=C=O)c(Cl)cc1O. The predicted molar refractivity (Wildman–Crippen MR) is 51.6 cm³/mol. The van der Waals surface area contributed by atoms with Crippen molar-refractivity contribution in [1.82, 2.24) is 0 Å². The van der Waals surface area contributed by atoms with Crippen molar-refractivity contribution in [2.24, 2.45) is 4.99 Å². The van der Waals surface area contributed by atoms with Crippen LogP contribution in [0.2, 0.25) is 5.02 Å². The molecule has 0 fully saturated rings. The number of ether oxygens (including phenoxy) is 1.